The second-order valence-corrected chi connectivity index (χ2v) is 3.88. The summed E-state index contributed by atoms with van der Waals surface area (Å²) in [4.78, 5) is 24.2. The fraction of sp³-hybridized carbons (Fsp3) is 0.455. The fourth-order valence-corrected chi connectivity index (χ4v) is 1.53. The molecule has 0 aliphatic heterocycles. The first-order chi connectivity index (χ1) is 9.94. The predicted molar refractivity (Wildman–Crippen MR) is 59.1 cm³/mol. The minimum atomic E-state index is -5.28. The number of hydrogen-bond donors (Lipinski definition) is 1. The van der Waals surface area contributed by atoms with Crippen LogP contribution in [0.25, 0.3) is 0 Å². The monoisotopic (exact) mass is 333 g/mol. The molecule has 0 fully saturated rings. The number of aromatic amines is 1. The average Bonchev–Trinajstić information content (AvgIpc) is 2.29. The maximum atomic E-state index is 12.8. The average molecular weight is 333 g/mol. The fourth-order valence-electron chi connectivity index (χ4n) is 1.53. The van der Waals surface area contributed by atoms with E-state index in [9.17, 15) is 35.9 Å². The normalized spacial score (nSPS) is 12.1. The first kappa shape index (κ1) is 17.9. The van der Waals surface area contributed by atoms with Gasteiger partial charge in [-0.2, -0.15) is 13.2 Å². The number of alkyl halides is 6. The maximum absolute atomic E-state index is 12.8. The highest BCUT2D eigenvalue weighted by molar-refractivity contribution is 5.73. The lowest BCUT2D eigenvalue weighted by atomic mass is 10.1. The van der Waals surface area contributed by atoms with E-state index in [1.807, 2.05) is 0 Å². The van der Waals surface area contributed by atoms with Gasteiger partial charge in [0.15, 0.2) is 0 Å². The lowest BCUT2D eigenvalue weighted by Crippen LogP contribution is -2.27. The molecule has 0 amide bonds. The van der Waals surface area contributed by atoms with Gasteiger partial charge in [0.25, 0.3) is 5.56 Å². The molecule has 1 aromatic heterocycles. The van der Waals surface area contributed by atoms with E-state index >= 15 is 0 Å². The van der Waals surface area contributed by atoms with E-state index in [-0.39, 0.29) is 12.7 Å². The van der Waals surface area contributed by atoms with E-state index in [2.05, 4.69) is 9.47 Å². The van der Waals surface area contributed by atoms with Crippen LogP contribution in [0.3, 0.4) is 0 Å². The third kappa shape index (κ3) is 4.97. The second kappa shape index (κ2) is 6.28. The molecular weight excluding hydrogens is 324 g/mol. The van der Waals surface area contributed by atoms with Crippen molar-refractivity contribution in [2.24, 2.45) is 0 Å². The minimum Gasteiger partial charge on any atom is -0.466 e. The Balaban J connectivity index is 3.32. The molecule has 0 atom stereocenters. The molecule has 0 spiro atoms. The van der Waals surface area contributed by atoms with Crippen molar-refractivity contribution in [2.75, 3.05) is 6.61 Å². The van der Waals surface area contributed by atoms with E-state index in [1.165, 1.54) is 11.9 Å². The van der Waals surface area contributed by atoms with Gasteiger partial charge in [0.1, 0.15) is 0 Å². The largest absolute Gasteiger partial charge is 0.574 e. The highest BCUT2D eigenvalue weighted by Gasteiger charge is 2.38. The summed E-state index contributed by atoms with van der Waals surface area (Å²) in [5.74, 6) is -2.56. The Hall–Kier alpha value is -2.20. The molecule has 1 aromatic rings. The highest BCUT2D eigenvalue weighted by atomic mass is 19.4. The van der Waals surface area contributed by atoms with Crippen LogP contribution in [0.1, 0.15) is 18.1 Å². The molecule has 0 aliphatic carbocycles. The molecule has 11 heteroatoms. The molecule has 124 valence electrons. The van der Waals surface area contributed by atoms with Gasteiger partial charge in [-0.05, 0) is 6.92 Å². The Morgan fingerprint density at radius 2 is 1.82 bits per heavy atom. The number of ether oxygens (including phenoxy) is 2. The summed E-state index contributed by atoms with van der Waals surface area (Å²) in [6.45, 7) is 1.26. The lowest BCUT2D eigenvalue weighted by molar-refractivity contribution is -0.276. The standard InChI is InChI=1S/C11H9F6NO4/c1-2-21-8(19)3-5-6(10(12,13)14)4-7(18-9(5)20)22-11(15,16)17/h4H,2-3H2,1H3,(H,18,20). The number of halogens is 6. The summed E-state index contributed by atoms with van der Waals surface area (Å²) >= 11 is 0. The van der Waals surface area contributed by atoms with Crippen molar-refractivity contribution in [3.05, 3.63) is 27.5 Å². The number of hydrogen-bond acceptors (Lipinski definition) is 4. The van der Waals surface area contributed by atoms with Crippen LogP contribution in [0.4, 0.5) is 26.3 Å². The van der Waals surface area contributed by atoms with Crippen LogP contribution >= 0.6 is 0 Å². The number of carbonyl (C=O) groups is 1. The van der Waals surface area contributed by atoms with Crippen LogP contribution in [-0.4, -0.2) is 23.9 Å². The SMILES string of the molecule is CCOC(=O)Cc1c(C(F)(F)F)cc(OC(F)(F)F)[nH]c1=O. The predicted octanol–water partition coefficient (Wildman–Crippen LogP) is 2.40. The van der Waals surface area contributed by atoms with E-state index in [0.29, 0.717) is 0 Å². The van der Waals surface area contributed by atoms with Crippen molar-refractivity contribution in [2.45, 2.75) is 25.9 Å². The molecule has 1 rings (SSSR count). The van der Waals surface area contributed by atoms with Crippen molar-refractivity contribution in [1.29, 1.82) is 0 Å². The number of nitrogens with one attached hydrogen (secondary N) is 1. The van der Waals surface area contributed by atoms with Crippen molar-refractivity contribution >= 4 is 5.97 Å². The van der Waals surface area contributed by atoms with Crippen LogP contribution in [0.2, 0.25) is 0 Å². The van der Waals surface area contributed by atoms with Gasteiger partial charge >= 0.3 is 18.5 Å². The number of pyridine rings is 1. The van der Waals surface area contributed by atoms with Crippen molar-refractivity contribution in [3.8, 4) is 5.88 Å². The first-order valence-electron chi connectivity index (χ1n) is 5.68. The molecule has 0 radical (unpaired) electrons. The molecule has 22 heavy (non-hydrogen) atoms. The molecular formula is C11H9F6NO4. The van der Waals surface area contributed by atoms with Gasteiger partial charge < -0.3 is 9.47 Å². The van der Waals surface area contributed by atoms with Gasteiger partial charge in [0.05, 0.1) is 18.6 Å². The third-order valence-electron chi connectivity index (χ3n) is 2.27. The van der Waals surface area contributed by atoms with Gasteiger partial charge in [-0.3, -0.25) is 14.6 Å². The Kier molecular flexibility index (Phi) is 5.09. The second-order valence-electron chi connectivity index (χ2n) is 3.88. The molecule has 5 nitrogen and oxygen atoms in total. The Morgan fingerprint density at radius 1 is 1.23 bits per heavy atom. The molecule has 0 aromatic carbocycles. The number of esters is 1. The van der Waals surface area contributed by atoms with Gasteiger partial charge in [-0.1, -0.05) is 0 Å². The zero-order valence-electron chi connectivity index (χ0n) is 10.9. The van der Waals surface area contributed by atoms with E-state index in [4.69, 9.17) is 0 Å². The van der Waals surface area contributed by atoms with Crippen molar-refractivity contribution in [3.63, 3.8) is 0 Å². The number of carbonyl (C=O) groups excluding carboxylic acids is 1. The first-order valence-corrected chi connectivity index (χ1v) is 5.68. The van der Waals surface area contributed by atoms with Crippen LogP contribution in [-0.2, 0) is 22.1 Å². The number of aromatic nitrogens is 1. The molecule has 0 aliphatic rings. The molecule has 0 saturated heterocycles. The Morgan fingerprint density at radius 3 is 2.27 bits per heavy atom. The summed E-state index contributed by atoms with van der Waals surface area (Å²) in [5, 5.41) is 0. The molecule has 1 N–H and O–H groups in total. The van der Waals surface area contributed by atoms with Crippen LogP contribution in [0.5, 0.6) is 5.88 Å². The topological polar surface area (TPSA) is 68.4 Å². The van der Waals surface area contributed by atoms with Gasteiger partial charge in [-0.15, -0.1) is 13.2 Å². The van der Waals surface area contributed by atoms with E-state index < -0.39 is 47.5 Å². The smallest absolute Gasteiger partial charge is 0.466 e. The van der Waals surface area contributed by atoms with Gasteiger partial charge in [-0.25, -0.2) is 0 Å². The summed E-state index contributed by atoms with van der Waals surface area (Å²) in [6.07, 6.45) is -11.5. The lowest BCUT2D eigenvalue weighted by Gasteiger charge is -2.14. The highest BCUT2D eigenvalue weighted by Crippen LogP contribution is 2.33. The van der Waals surface area contributed by atoms with Crippen molar-refractivity contribution < 1.29 is 40.6 Å². The summed E-state index contributed by atoms with van der Waals surface area (Å²) in [7, 11) is 0. The minimum absolute atomic E-state index is 0.0382. The van der Waals surface area contributed by atoms with E-state index in [0.717, 1.165) is 0 Å². The van der Waals surface area contributed by atoms with Crippen LogP contribution in [0.15, 0.2) is 10.9 Å². The van der Waals surface area contributed by atoms with Crippen LogP contribution in [0, 0.1) is 0 Å². The van der Waals surface area contributed by atoms with E-state index in [1.54, 1.807) is 0 Å². The summed E-state index contributed by atoms with van der Waals surface area (Å²) in [6, 6.07) is -0.0382. The van der Waals surface area contributed by atoms with Gasteiger partial charge in [0.2, 0.25) is 5.88 Å². The molecule has 0 unspecified atom stereocenters. The third-order valence-corrected chi connectivity index (χ3v) is 2.27. The summed E-state index contributed by atoms with van der Waals surface area (Å²) < 4.78 is 82.2. The van der Waals surface area contributed by atoms with Gasteiger partial charge in [0, 0.05) is 11.6 Å². The number of H-pyrrole nitrogens is 1. The van der Waals surface area contributed by atoms with Crippen LogP contribution < -0.4 is 10.3 Å². The Bertz CT molecular complexity index is 604. The number of rotatable bonds is 4. The molecule has 0 bridgehead atoms. The zero-order valence-corrected chi connectivity index (χ0v) is 10.9. The maximum Gasteiger partial charge on any atom is 0.574 e. The quantitative estimate of drug-likeness (QED) is 0.679. The zero-order chi connectivity index (χ0) is 17.1. The Labute approximate surface area is 118 Å². The summed E-state index contributed by atoms with van der Waals surface area (Å²) in [5.41, 5.74) is -4.29. The molecule has 0 saturated carbocycles. The van der Waals surface area contributed by atoms with Crippen molar-refractivity contribution in [1.82, 2.24) is 4.98 Å². The molecule has 1 heterocycles.